The highest BCUT2D eigenvalue weighted by Gasteiger charge is 2.22. The molecule has 3 heterocycles. The van der Waals surface area contributed by atoms with Crippen molar-refractivity contribution in [2.75, 3.05) is 19.3 Å². The van der Waals surface area contributed by atoms with Crippen molar-refractivity contribution in [2.45, 2.75) is 26.2 Å². The van der Waals surface area contributed by atoms with E-state index in [4.69, 9.17) is 9.25 Å². The lowest BCUT2D eigenvalue weighted by molar-refractivity contribution is 0.304. The summed E-state index contributed by atoms with van der Waals surface area (Å²) < 4.78 is 29.3. The zero-order valence-corrected chi connectivity index (χ0v) is 15.1. The lowest BCUT2D eigenvalue weighted by Gasteiger charge is -2.24. The summed E-state index contributed by atoms with van der Waals surface area (Å²) in [6.45, 7) is 2.45. The van der Waals surface area contributed by atoms with Gasteiger partial charge in [-0.25, -0.2) is 17.5 Å². The molecule has 0 aliphatic carbocycles. The number of aromatic amines is 1. The van der Waals surface area contributed by atoms with Crippen LogP contribution >= 0.6 is 0 Å². The number of fused-ring (bicyclic) bond motifs is 1. The van der Waals surface area contributed by atoms with Gasteiger partial charge in [0, 0.05) is 32.0 Å². The first-order chi connectivity index (χ1) is 12.3. The van der Waals surface area contributed by atoms with Crippen molar-refractivity contribution in [3.05, 3.63) is 32.4 Å². The SMILES string of the molecule is CCc1cc(=O)oc2nc(ON=C3CCN(S(C)(=O)=O)CC3)[nH]c(=O)c12. The van der Waals surface area contributed by atoms with Crippen molar-refractivity contribution in [1.29, 1.82) is 0 Å². The van der Waals surface area contributed by atoms with Crippen LogP contribution in [-0.4, -0.2) is 47.7 Å². The van der Waals surface area contributed by atoms with Crippen molar-refractivity contribution in [3.63, 3.8) is 0 Å². The molecule has 1 fully saturated rings. The molecule has 0 bridgehead atoms. The maximum absolute atomic E-state index is 12.2. The van der Waals surface area contributed by atoms with E-state index in [2.05, 4.69) is 15.1 Å². The van der Waals surface area contributed by atoms with E-state index < -0.39 is 21.2 Å². The summed E-state index contributed by atoms with van der Waals surface area (Å²) >= 11 is 0. The first kappa shape index (κ1) is 18.3. The molecular formula is C15H18N4O6S. The molecule has 11 heteroatoms. The molecule has 2 aromatic heterocycles. The minimum absolute atomic E-state index is 0.111. The highest BCUT2D eigenvalue weighted by Crippen LogP contribution is 2.15. The molecule has 0 saturated carbocycles. The number of aromatic nitrogens is 2. The third kappa shape index (κ3) is 3.83. The Morgan fingerprint density at radius 1 is 1.35 bits per heavy atom. The monoisotopic (exact) mass is 382 g/mol. The summed E-state index contributed by atoms with van der Waals surface area (Å²) in [5.41, 5.74) is -0.0110. The van der Waals surface area contributed by atoms with Crippen LogP contribution in [0.1, 0.15) is 25.3 Å². The van der Waals surface area contributed by atoms with Crippen molar-refractivity contribution in [1.82, 2.24) is 14.3 Å². The minimum atomic E-state index is -3.22. The molecule has 3 rings (SSSR count). The molecule has 2 aromatic rings. The Kier molecular flexibility index (Phi) is 4.92. The molecule has 0 amide bonds. The molecular weight excluding hydrogens is 364 g/mol. The molecule has 0 spiro atoms. The van der Waals surface area contributed by atoms with Crippen LogP contribution in [0.4, 0.5) is 0 Å². The van der Waals surface area contributed by atoms with Crippen LogP contribution in [0.15, 0.2) is 25.2 Å². The molecule has 1 saturated heterocycles. The zero-order valence-electron chi connectivity index (χ0n) is 14.3. The van der Waals surface area contributed by atoms with Crippen LogP contribution in [0.3, 0.4) is 0 Å². The highest BCUT2D eigenvalue weighted by atomic mass is 32.2. The second-order valence-electron chi connectivity index (χ2n) is 5.91. The first-order valence-electron chi connectivity index (χ1n) is 8.03. The van der Waals surface area contributed by atoms with E-state index >= 15 is 0 Å². The predicted molar refractivity (Wildman–Crippen MR) is 94.0 cm³/mol. The first-order valence-corrected chi connectivity index (χ1v) is 9.87. The van der Waals surface area contributed by atoms with E-state index in [1.165, 1.54) is 10.4 Å². The Hall–Kier alpha value is -2.53. The number of oxime groups is 1. The van der Waals surface area contributed by atoms with Crippen LogP contribution in [0.25, 0.3) is 11.1 Å². The predicted octanol–water partition coefficient (Wildman–Crippen LogP) is 0.229. The van der Waals surface area contributed by atoms with Crippen LogP contribution in [0, 0.1) is 0 Å². The Morgan fingerprint density at radius 3 is 2.65 bits per heavy atom. The molecule has 1 aliphatic rings. The molecule has 0 aromatic carbocycles. The van der Waals surface area contributed by atoms with Crippen molar-refractivity contribution < 1.29 is 17.7 Å². The fourth-order valence-electron chi connectivity index (χ4n) is 2.73. The van der Waals surface area contributed by atoms with Crippen molar-refractivity contribution >= 4 is 26.8 Å². The number of nitrogens with one attached hydrogen (secondary N) is 1. The smallest absolute Gasteiger partial charge is 0.337 e. The third-order valence-corrected chi connectivity index (χ3v) is 5.39. The fourth-order valence-corrected chi connectivity index (χ4v) is 3.57. The Bertz CT molecular complexity index is 1080. The number of aryl methyl sites for hydroxylation is 1. The second-order valence-corrected chi connectivity index (χ2v) is 7.89. The van der Waals surface area contributed by atoms with Crippen LogP contribution in [0.5, 0.6) is 6.01 Å². The molecule has 0 atom stereocenters. The summed E-state index contributed by atoms with van der Waals surface area (Å²) in [5.74, 6) is 0. The zero-order chi connectivity index (χ0) is 18.9. The topological polar surface area (TPSA) is 135 Å². The number of H-pyrrole nitrogens is 1. The summed E-state index contributed by atoms with van der Waals surface area (Å²) in [4.78, 5) is 35.4. The fraction of sp³-hybridized carbons (Fsp3) is 0.467. The maximum atomic E-state index is 12.2. The van der Waals surface area contributed by atoms with Crippen LogP contribution in [-0.2, 0) is 16.4 Å². The number of piperidine rings is 1. The van der Waals surface area contributed by atoms with Crippen LogP contribution in [0.2, 0.25) is 0 Å². The van der Waals surface area contributed by atoms with Gasteiger partial charge in [-0.05, 0) is 12.0 Å². The Labute approximate surface area is 148 Å². The van der Waals surface area contributed by atoms with E-state index in [0.717, 1.165) is 6.26 Å². The van der Waals surface area contributed by atoms with Gasteiger partial charge in [0.15, 0.2) is 0 Å². The van der Waals surface area contributed by atoms with Gasteiger partial charge < -0.3 is 9.25 Å². The summed E-state index contributed by atoms with van der Waals surface area (Å²) in [6.07, 6.45) is 2.47. The third-order valence-electron chi connectivity index (χ3n) is 4.09. The number of rotatable bonds is 4. The molecule has 0 unspecified atom stereocenters. The Balaban J connectivity index is 1.82. The molecule has 0 radical (unpaired) electrons. The maximum Gasteiger partial charge on any atom is 0.337 e. The minimum Gasteiger partial charge on any atom is -0.403 e. The largest absolute Gasteiger partial charge is 0.403 e. The average Bonchev–Trinajstić information content (AvgIpc) is 2.58. The lowest BCUT2D eigenvalue weighted by atomic mass is 10.1. The average molecular weight is 382 g/mol. The van der Waals surface area contributed by atoms with Crippen molar-refractivity contribution in [2.24, 2.45) is 5.16 Å². The van der Waals surface area contributed by atoms with Gasteiger partial charge in [-0.2, -0.15) is 4.98 Å². The lowest BCUT2D eigenvalue weighted by Crippen LogP contribution is -2.38. The van der Waals surface area contributed by atoms with Gasteiger partial charge >= 0.3 is 11.6 Å². The van der Waals surface area contributed by atoms with E-state index in [9.17, 15) is 18.0 Å². The van der Waals surface area contributed by atoms with Gasteiger partial charge in [0.2, 0.25) is 15.7 Å². The molecule has 10 nitrogen and oxygen atoms in total. The highest BCUT2D eigenvalue weighted by molar-refractivity contribution is 7.88. The van der Waals surface area contributed by atoms with E-state index in [-0.39, 0.29) is 17.1 Å². The van der Waals surface area contributed by atoms with Gasteiger partial charge in [-0.15, -0.1) is 0 Å². The van der Waals surface area contributed by atoms with Gasteiger partial charge in [0.25, 0.3) is 5.56 Å². The van der Waals surface area contributed by atoms with Gasteiger partial charge in [0.05, 0.1) is 12.0 Å². The normalized spacial score (nSPS) is 16.0. The van der Waals surface area contributed by atoms with Gasteiger partial charge in [0.1, 0.15) is 5.39 Å². The number of hydrogen-bond donors (Lipinski definition) is 1. The van der Waals surface area contributed by atoms with Gasteiger partial charge in [-0.1, -0.05) is 12.1 Å². The van der Waals surface area contributed by atoms with Gasteiger partial charge in [-0.3, -0.25) is 9.78 Å². The quantitative estimate of drug-likeness (QED) is 0.748. The van der Waals surface area contributed by atoms with E-state index in [0.29, 0.717) is 43.6 Å². The number of hydrogen-bond acceptors (Lipinski definition) is 8. The van der Waals surface area contributed by atoms with E-state index in [1.807, 2.05) is 6.92 Å². The summed E-state index contributed by atoms with van der Waals surface area (Å²) in [5, 5.41) is 4.13. The van der Waals surface area contributed by atoms with Crippen molar-refractivity contribution in [3.8, 4) is 6.01 Å². The van der Waals surface area contributed by atoms with E-state index in [1.54, 1.807) is 0 Å². The second kappa shape index (κ2) is 7.00. The molecule has 26 heavy (non-hydrogen) atoms. The molecule has 1 aliphatic heterocycles. The molecule has 140 valence electrons. The van der Waals surface area contributed by atoms with Crippen LogP contribution < -0.4 is 16.0 Å². The number of nitrogens with zero attached hydrogens (tertiary/aromatic N) is 3. The number of sulfonamides is 1. The summed E-state index contributed by atoms with van der Waals surface area (Å²) in [6, 6.07) is 1.06. The summed E-state index contributed by atoms with van der Waals surface area (Å²) in [7, 11) is -3.22. The standard InChI is InChI=1S/C15H18N4O6S/c1-3-9-8-11(20)24-14-12(9)13(21)16-15(17-14)25-18-10-4-6-19(7-5-10)26(2,22)23/h8H,3-7H2,1-2H3,(H,16,17,21). The Morgan fingerprint density at radius 2 is 2.04 bits per heavy atom. The molecule has 1 N–H and O–H groups in total.